The Morgan fingerprint density at radius 1 is 1.05 bits per heavy atom. The van der Waals surface area contributed by atoms with E-state index in [1.165, 1.54) is 48.1 Å². The molecule has 0 radical (unpaired) electrons. The molecule has 0 atom stereocenters. The van der Waals surface area contributed by atoms with Crippen LogP contribution in [-0.2, 0) is 6.54 Å². The van der Waals surface area contributed by atoms with Crippen molar-refractivity contribution in [3.05, 3.63) is 66.1 Å². The molecule has 0 spiro atoms. The topological polar surface area (TPSA) is 31.9 Å². The Balaban J connectivity index is 1.39. The van der Waals surface area contributed by atoms with Crippen molar-refractivity contribution in [2.75, 3.05) is 13.1 Å². The molecule has 22 heavy (non-hydrogen) atoms. The molecule has 3 heterocycles. The summed E-state index contributed by atoms with van der Waals surface area (Å²) in [4.78, 5) is 10.2. The lowest BCUT2D eigenvalue weighted by Gasteiger charge is -2.31. The van der Waals surface area contributed by atoms with Crippen LogP contribution in [0.3, 0.4) is 0 Å². The fourth-order valence-corrected chi connectivity index (χ4v) is 3.52. The predicted molar refractivity (Wildman–Crippen MR) is 89.8 cm³/mol. The van der Waals surface area contributed by atoms with Gasteiger partial charge in [0.2, 0.25) is 0 Å². The first kappa shape index (κ1) is 13.5. The number of para-hydroxylation sites is 1. The number of hydrogen-bond acceptors (Lipinski definition) is 2. The van der Waals surface area contributed by atoms with Crippen LogP contribution >= 0.6 is 0 Å². The van der Waals surface area contributed by atoms with Crippen molar-refractivity contribution in [3.63, 3.8) is 0 Å². The van der Waals surface area contributed by atoms with Gasteiger partial charge in [0.25, 0.3) is 0 Å². The summed E-state index contributed by atoms with van der Waals surface area (Å²) < 4.78 is 0. The molecule has 1 N–H and O–H groups in total. The molecule has 0 amide bonds. The number of piperidine rings is 1. The van der Waals surface area contributed by atoms with Gasteiger partial charge < -0.3 is 4.98 Å². The van der Waals surface area contributed by atoms with Gasteiger partial charge in [0.15, 0.2) is 0 Å². The Morgan fingerprint density at radius 3 is 2.59 bits per heavy atom. The number of rotatable bonds is 3. The quantitative estimate of drug-likeness (QED) is 0.792. The summed E-state index contributed by atoms with van der Waals surface area (Å²) in [6.45, 7) is 3.36. The van der Waals surface area contributed by atoms with Crippen molar-refractivity contribution in [1.82, 2.24) is 14.9 Å². The van der Waals surface area contributed by atoms with Crippen LogP contribution < -0.4 is 0 Å². The number of H-pyrrole nitrogens is 1. The molecule has 4 rings (SSSR count). The summed E-state index contributed by atoms with van der Waals surface area (Å²) in [6, 6.07) is 15.1. The second-order valence-electron chi connectivity index (χ2n) is 6.21. The summed E-state index contributed by atoms with van der Waals surface area (Å²) >= 11 is 0. The Labute approximate surface area is 131 Å². The SMILES string of the molecule is c1ccc2[nH]c(CN3CCC(c4ccncc4)CC3)cc2c1. The van der Waals surface area contributed by atoms with Crippen molar-refractivity contribution < 1.29 is 0 Å². The average molecular weight is 291 g/mol. The van der Waals surface area contributed by atoms with Gasteiger partial charge in [0.05, 0.1) is 0 Å². The van der Waals surface area contributed by atoms with Gasteiger partial charge >= 0.3 is 0 Å². The third-order valence-electron chi connectivity index (χ3n) is 4.74. The molecular weight excluding hydrogens is 270 g/mol. The fraction of sp³-hybridized carbons (Fsp3) is 0.316. The van der Waals surface area contributed by atoms with E-state index in [1.54, 1.807) is 0 Å². The molecule has 3 heteroatoms. The highest BCUT2D eigenvalue weighted by Crippen LogP contribution is 2.28. The van der Waals surface area contributed by atoms with Crippen LogP contribution in [0.1, 0.15) is 30.0 Å². The Kier molecular flexibility index (Phi) is 3.65. The number of aromatic amines is 1. The monoisotopic (exact) mass is 291 g/mol. The van der Waals surface area contributed by atoms with Crippen LogP contribution in [0.25, 0.3) is 10.9 Å². The Morgan fingerprint density at radius 2 is 1.82 bits per heavy atom. The van der Waals surface area contributed by atoms with Gasteiger partial charge in [-0.3, -0.25) is 9.88 Å². The first-order valence-electron chi connectivity index (χ1n) is 8.07. The molecule has 3 aromatic rings. The minimum Gasteiger partial charge on any atom is -0.357 e. The molecule has 0 saturated carbocycles. The number of aromatic nitrogens is 2. The number of fused-ring (bicyclic) bond motifs is 1. The number of pyridine rings is 1. The normalized spacial score (nSPS) is 17.1. The summed E-state index contributed by atoms with van der Waals surface area (Å²) in [6.07, 6.45) is 6.30. The van der Waals surface area contributed by atoms with E-state index in [-0.39, 0.29) is 0 Å². The zero-order valence-electron chi connectivity index (χ0n) is 12.7. The van der Waals surface area contributed by atoms with Gasteiger partial charge in [0, 0.05) is 30.1 Å². The second kappa shape index (κ2) is 5.93. The van der Waals surface area contributed by atoms with Gasteiger partial charge in [-0.1, -0.05) is 18.2 Å². The predicted octanol–water partition coefficient (Wildman–Crippen LogP) is 3.94. The molecule has 112 valence electrons. The number of nitrogens with zero attached hydrogens (tertiary/aromatic N) is 2. The number of nitrogens with one attached hydrogen (secondary N) is 1. The van der Waals surface area contributed by atoms with Gasteiger partial charge in [-0.05, 0) is 67.1 Å². The minimum absolute atomic E-state index is 0.696. The van der Waals surface area contributed by atoms with Crippen LogP contribution in [-0.4, -0.2) is 28.0 Å². The van der Waals surface area contributed by atoms with E-state index in [0.29, 0.717) is 5.92 Å². The molecule has 1 aliphatic rings. The van der Waals surface area contributed by atoms with E-state index < -0.39 is 0 Å². The van der Waals surface area contributed by atoms with E-state index in [2.05, 4.69) is 57.3 Å². The zero-order valence-corrected chi connectivity index (χ0v) is 12.7. The molecule has 0 unspecified atom stereocenters. The van der Waals surface area contributed by atoms with Crippen molar-refractivity contribution in [2.24, 2.45) is 0 Å². The third-order valence-corrected chi connectivity index (χ3v) is 4.74. The lowest BCUT2D eigenvalue weighted by atomic mass is 9.90. The maximum absolute atomic E-state index is 4.12. The molecular formula is C19H21N3. The fourth-order valence-electron chi connectivity index (χ4n) is 3.52. The number of benzene rings is 1. The maximum Gasteiger partial charge on any atom is 0.0456 e. The van der Waals surface area contributed by atoms with E-state index >= 15 is 0 Å². The van der Waals surface area contributed by atoms with Crippen LogP contribution in [0.5, 0.6) is 0 Å². The molecule has 1 aromatic carbocycles. The number of hydrogen-bond donors (Lipinski definition) is 1. The zero-order chi connectivity index (χ0) is 14.8. The Hall–Kier alpha value is -2.13. The largest absolute Gasteiger partial charge is 0.357 e. The highest BCUT2D eigenvalue weighted by molar-refractivity contribution is 5.80. The van der Waals surface area contributed by atoms with E-state index in [4.69, 9.17) is 0 Å². The van der Waals surface area contributed by atoms with E-state index in [0.717, 1.165) is 6.54 Å². The van der Waals surface area contributed by atoms with E-state index in [1.807, 2.05) is 12.4 Å². The summed E-state index contributed by atoms with van der Waals surface area (Å²) in [7, 11) is 0. The smallest absolute Gasteiger partial charge is 0.0456 e. The highest BCUT2D eigenvalue weighted by atomic mass is 15.1. The summed E-state index contributed by atoms with van der Waals surface area (Å²) in [5.41, 5.74) is 4.01. The van der Waals surface area contributed by atoms with E-state index in [9.17, 15) is 0 Å². The van der Waals surface area contributed by atoms with Crippen molar-refractivity contribution >= 4 is 10.9 Å². The van der Waals surface area contributed by atoms with Gasteiger partial charge in [-0.25, -0.2) is 0 Å². The number of likely N-dealkylation sites (tertiary alicyclic amines) is 1. The molecule has 0 bridgehead atoms. The summed E-state index contributed by atoms with van der Waals surface area (Å²) in [5, 5.41) is 1.31. The minimum atomic E-state index is 0.696. The average Bonchev–Trinajstić information content (AvgIpc) is 2.98. The lowest BCUT2D eigenvalue weighted by molar-refractivity contribution is 0.203. The third kappa shape index (κ3) is 2.77. The molecule has 0 aliphatic carbocycles. The van der Waals surface area contributed by atoms with Crippen LogP contribution in [0.4, 0.5) is 0 Å². The van der Waals surface area contributed by atoms with Crippen LogP contribution in [0.2, 0.25) is 0 Å². The Bertz CT molecular complexity index is 706. The first-order chi connectivity index (χ1) is 10.9. The van der Waals surface area contributed by atoms with Gasteiger partial charge in [-0.15, -0.1) is 0 Å². The highest BCUT2D eigenvalue weighted by Gasteiger charge is 2.20. The summed E-state index contributed by atoms with van der Waals surface area (Å²) in [5.74, 6) is 0.696. The van der Waals surface area contributed by atoms with Gasteiger partial charge in [-0.2, -0.15) is 0 Å². The maximum atomic E-state index is 4.12. The first-order valence-corrected chi connectivity index (χ1v) is 8.07. The second-order valence-corrected chi connectivity index (χ2v) is 6.21. The van der Waals surface area contributed by atoms with Crippen molar-refractivity contribution in [3.8, 4) is 0 Å². The molecule has 3 nitrogen and oxygen atoms in total. The molecule has 2 aromatic heterocycles. The van der Waals surface area contributed by atoms with Crippen LogP contribution in [0.15, 0.2) is 54.9 Å². The van der Waals surface area contributed by atoms with Gasteiger partial charge in [0.1, 0.15) is 0 Å². The lowest BCUT2D eigenvalue weighted by Crippen LogP contribution is -2.32. The van der Waals surface area contributed by atoms with Crippen molar-refractivity contribution in [2.45, 2.75) is 25.3 Å². The van der Waals surface area contributed by atoms with Crippen molar-refractivity contribution in [1.29, 1.82) is 0 Å². The molecule has 1 aliphatic heterocycles. The molecule has 1 saturated heterocycles. The molecule has 1 fully saturated rings. The standard InChI is InChI=1S/C19H21N3/c1-2-4-19-17(3-1)13-18(21-19)14-22-11-7-16(8-12-22)15-5-9-20-10-6-15/h1-6,9-10,13,16,21H,7-8,11-12,14H2. The van der Waals surface area contributed by atoms with Crippen LogP contribution in [0, 0.1) is 0 Å².